The number of nitrogens with one attached hydrogen (secondary N) is 2. The molecule has 0 saturated carbocycles. The molecule has 98 valence electrons. The fraction of sp³-hybridized carbons (Fsp3) is 0.364. The molecular weight excluding hydrogens is 234 g/mol. The monoisotopic (exact) mass is 251 g/mol. The topological polar surface area (TPSA) is 123 Å². The second-order valence-electron chi connectivity index (χ2n) is 4.06. The van der Waals surface area contributed by atoms with Crippen LogP contribution in [0.3, 0.4) is 0 Å². The molecule has 18 heavy (non-hydrogen) atoms. The van der Waals surface area contributed by atoms with Crippen molar-refractivity contribution in [1.29, 1.82) is 0 Å². The summed E-state index contributed by atoms with van der Waals surface area (Å²) in [5.74, 6) is 4.51. The number of anilines is 1. The zero-order valence-electron chi connectivity index (χ0n) is 10.4. The van der Waals surface area contributed by atoms with Crippen molar-refractivity contribution >= 4 is 17.5 Å². The van der Waals surface area contributed by atoms with Gasteiger partial charge in [-0.05, 0) is 19.9 Å². The molecule has 1 heterocycles. The molecule has 1 rings (SSSR count). The van der Waals surface area contributed by atoms with Gasteiger partial charge in [0.15, 0.2) is 0 Å². The first-order valence-corrected chi connectivity index (χ1v) is 5.46. The van der Waals surface area contributed by atoms with Crippen molar-refractivity contribution in [3.63, 3.8) is 0 Å². The first-order valence-electron chi connectivity index (χ1n) is 5.46. The summed E-state index contributed by atoms with van der Waals surface area (Å²) >= 11 is 0. The highest BCUT2D eigenvalue weighted by molar-refractivity contribution is 5.99. The van der Waals surface area contributed by atoms with Gasteiger partial charge in [0.25, 0.3) is 5.91 Å². The number of primary amides is 1. The molecule has 0 aliphatic carbocycles. The van der Waals surface area contributed by atoms with Crippen LogP contribution in [0.1, 0.15) is 29.4 Å². The van der Waals surface area contributed by atoms with Crippen LogP contribution in [-0.2, 0) is 4.79 Å². The third kappa shape index (κ3) is 3.70. The molecule has 7 heteroatoms. The third-order valence-corrected chi connectivity index (χ3v) is 2.33. The quantitative estimate of drug-likeness (QED) is 0.421. The smallest absolute Gasteiger partial charge is 0.255 e. The summed E-state index contributed by atoms with van der Waals surface area (Å²) in [4.78, 5) is 26.7. The number of nitrogens with zero attached hydrogens (tertiary/aromatic N) is 1. The normalized spacial score (nSPS) is 11.7. The number of rotatable bonds is 5. The molecular formula is C11H17N5O2. The number of nitrogens with two attached hydrogens (primary N) is 2. The zero-order valence-corrected chi connectivity index (χ0v) is 10.4. The maximum atomic E-state index is 11.9. The van der Waals surface area contributed by atoms with Crippen LogP contribution < -0.4 is 22.3 Å². The zero-order chi connectivity index (χ0) is 13.7. The minimum Gasteiger partial charge on any atom is -0.370 e. The van der Waals surface area contributed by atoms with Gasteiger partial charge >= 0.3 is 0 Å². The summed E-state index contributed by atoms with van der Waals surface area (Å²) in [6.45, 7) is 3.48. The summed E-state index contributed by atoms with van der Waals surface area (Å²) in [5.41, 5.74) is 9.03. The molecule has 0 aromatic carbocycles. The fourth-order valence-electron chi connectivity index (χ4n) is 1.51. The average Bonchev–Trinajstić information content (AvgIpc) is 2.27. The molecule has 0 saturated heterocycles. The molecule has 1 atom stereocenters. The SMILES string of the molecule is Cc1cc(NN)c(C(=O)NC(C)CC(N)=O)cn1. The van der Waals surface area contributed by atoms with Crippen LogP contribution in [0.2, 0.25) is 0 Å². The Kier molecular flexibility index (Phi) is 4.61. The summed E-state index contributed by atoms with van der Waals surface area (Å²) < 4.78 is 0. The van der Waals surface area contributed by atoms with E-state index in [0.717, 1.165) is 5.69 Å². The Labute approximate surface area is 105 Å². The molecule has 1 aromatic heterocycles. The van der Waals surface area contributed by atoms with Crippen LogP contribution in [0.15, 0.2) is 12.3 Å². The van der Waals surface area contributed by atoms with Crippen LogP contribution in [0.5, 0.6) is 0 Å². The van der Waals surface area contributed by atoms with E-state index >= 15 is 0 Å². The molecule has 1 unspecified atom stereocenters. The third-order valence-electron chi connectivity index (χ3n) is 2.33. The van der Waals surface area contributed by atoms with Crippen LogP contribution in [0, 0.1) is 6.92 Å². The number of nitrogen functional groups attached to an aromatic ring is 1. The average molecular weight is 251 g/mol. The van der Waals surface area contributed by atoms with E-state index in [0.29, 0.717) is 11.3 Å². The van der Waals surface area contributed by atoms with Gasteiger partial charge < -0.3 is 16.5 Å². The van der Waals surface area contributed by atoms with E-state index in [9.17, 15) is 9.59 Å². The van der Waals surface area contributed by atoms with E-state index in [2.05, 4.69) is 15.7 Å². The van der Waals surface area contributed by atoms with Crippen molar-refractivity contribution in [2.24, 2.45) is 11.6 Å². The number of hydrogen-bond donors (Lipinski definition) is 4. The highest BCUT2D eigenvalue weighted by atomic mass is 16.2. The van der Waals surface area contributed by atoms with Crippen molar-refractivity contribution in [3.8, 4) is 0 Å². The maximum Gasteiger partial charge on any atom is 0.255 e. The number of carbonyl (C=O) groups is 2. The van der Waals surface area contributed by atoms with Gasteiger partial charge in [-0.3, -0.25) is 20.4 Å². The van der Waals surface area contributed by atoms with Gasteiger partial charge in [-0.1, -0.05) is 0 Å². The Morgan fingerprint density at radius 1 is 1.50 bits per heavy atom. The second kappa shape index (κ2) is 5.97. The summed E-state index contributed by atoms with van der Waals surface area (Å²) in [6.07, 6.45) is 1.51. The Bertz CT molecular complexity index is 461. The summed E-state index contributed by atoms with van der Waals surface area (Å²) in [6, 6.07) is 1.31. The van der Waals surface area contributed by atoms with Gasteiger partial charge in [-0.25, -0.2) is 0 Å². The Balaban J connectivity index is 2.81. The van der Waals surface area contributed by atoms with Crippen LogP contribution >= 0.6 is 0 Å². The van der Waals surface area contributed by atoms with Crippen LogP contribution in [0.4, 0.5) is 5.69 Å². The molecule has 0 aliphatic rings. The molecule has 0 aliphatic heterocycles. The number of carbonyl (C=O) groups excluding carboxylic acids is 2. The standard InChI is InChI=1S/C11H17N5O2/c1-6-3-9(16-13)8(5-14-6)11(18)15-7(2)4-10(12)17/h3,5,7H,4,13H2,1-2H3,(H2,12,17)(H,14,16)(H,15,18). The van der Waals surface area contributed by atoms with E-state index in [-0.39, 0.29) is 18.4 Å². The van der Waals surface area contributed by atoms with Gasteiger partial charge in [-0.2, -0.15) is 0 Å². The summed E-state index contributed by atoms with van der Waals surface area (Å²) in [5, 5.41) is 2.65. The van der Waals surface area contributed by atoms with Crippen molar-refractivity contribution < 1.29 is 9.59 Å². The summed E-state index contributed by atoms with van der Waals surface area (Å²) in [7, 11) is 0. The van der Waals surface area contributed by atoms with Gasteiger partial charge in [-0.15, -0.1) is 0 Å². The number of pyridine rings is 1. The van der Waals surface area contributed by atoms with Crippen molar-refractivity contribution in [1.82, 2.24) is 10.3 Å². The van der Waals surface area contributed by atoms with E-state index in [1.165, 1.54) is 6.20 Å². The largest absolute Gasteiger partial charge is 0.370 e. The fourth-order valence-corrected chi connectivity index (χ4v) is 1.51. The molecule has 0 fully saturated rings. The van der Waals surface area contributed by atoms with Gasteiger partial charge in [0.1, 0.15) is 0 Å². The molecule has 0 spiro atoms. The molecule has 0 radical (unpaired) electrons. The van der Waals surface area contributed by atoms with E-state index < -0.39 is 5.91 Å². The molecule has 7 nitrogen and oxygen atoms in total. The molecule has 0 bridgehead atoms. The predicted octanol–water partition coefficient (Wildman–Crippen LogP) is -0.331. The Morgan fingerprint density at radius 2 is 2.17 bits per heavy atom. The lowest BCUT2D eigenvalue weighted by Gasteiger charge is -2.14. The predicted molar refractivity (Wildman–Crippen MR) is 67.5 cm³/mol. The highest BCUT2D eigenvalue weighted by Gasteiger charge is 2.15. The minimum absolute atomic E-state index is 0.0798. The van der Waals surface area contributed by atoms with Crippen molar-refractivity contribution in [2.45, 2.75) is 26.3 Å². The number of amides is 2. The van der Waals surface area contributed by atoms with Gasteiger partial charge in [0.05, 0.1) is 11.3 Å². The van der Waals surface area contributed by atoms with E-state index in [4.69, 9.17) is 11.6 Å². The number of hydrogen-bond acceptors (Lipinski definition) is 5. The first kappa shape index (κ1) is 13.9. The minimum atomic E-state index is -0.470. The van der Waals surface area contributed by atoms with Crippen molar-refractivity contribution in [3.05, 3.63) is 23.5 Å². The number of aromatic nitrogens is 1. The van der Waals surface area contributed by atoms with E-state index in [1.807, 2.05) is 0 Å². The van der Waals surface area contributed by atoms with Crippen LogP contribution in [0.25, 0.3) is 0 Å². The van der Waals surface area contributed by atoms with Gasteiger partial charge in [0.2, 0.25) is 5.91 Å². The van der Waals surface area contributed by atoms with E-state index in [1.54, 1.807) is 19.9 Å². The van der Waals surface area contributed by atoms with Crippen LogP contribution in [-0.4, -0.2) is 22.8 Å². The lowest BCUT2D eigenvalue weighted by Crippen LogP contribution is -2.36. The lowest BCUT2D eigenvalue weighted by molar-refractivity contribution is -0.118. The second-order valence-corrected chi connectivity index (χ2v) is 4.06. The van der Waals surface area contributed by atoms with Crippen molar-refractivity contribution in [2.75, 3.05) is 5.43 Å². The number of aryl methyl sites for hydroxylation is 1. The van der Waals surface area contributed by atoms with Gasteiger partial charge in [0, 0.05) is 24.4 Å². The molecule has 6 N–H and O–H groups in total. The molecule has 1 aromatic rings. The first-order chi connectivity index (χ1) is 8.43. The maximum absolute atomic E-state index is 11.9. The molecule has 2 amide bonds. The highest BCUT2D eigenvalue weighted by Crippen LogP contribution is 2.14. The number of hydrazine groups is 1. The Morgan fingerprint density at radius 3 is 2.72 bits per heavy atom. The lowest BCUT2D eigenvalue weighted by atomic mass is 10.1. The Hall–Kier alpha value is -2.15.